The van der Waals surface area contributed by atoms with Gasteiger partial charge >= 0.3 is 6.18 Å². The zero-order chi connectivity index (χ0) is 30.6. The second-order valence-electron chi connectivity index (χ2n) is 8.94. The number of hydrogen-bond acceptors (Lipinski definition) is 6. The summed E-state index contributed by atoms with van der Waals surface area (Å²) in [6, 6.07) is 13.8. The first kappa shape index (κ1) is 32.2. The molecule has 0 aliphatic carbocycles. The van der Waals surface area contributed by atoms with Gasteiger partial charge < -0.3 is 10.1 Å². The molecule has 3 rings (SSSR count). The zero-order valence-corrected chi connectivity index (χ0v) is 24.5. The quantitative estimate of drug-likeness (QED) is 0.315. The predicted octanol–water partition coefficient (Wildman–Crippen LogP) is 4.31. The van der Waals surface area contributed by atoms with Gasteiger partial charge in [0.2, 0.25) is 15.9 Å². The molecule has 0 saturated heterocycles. The Kier molecular flexibility index (Phi) is 9.95. The van der Waals surface area contributed by atoms with Crippen molar-refractivity contribution < 1.29 is 39.5 Å². The summed E-state index contributed by atoms with van der Waals surface area (Å²) < 4.78 is 98.8. The Balaban J connectivity index is 1.75. The Labute approximate surface area is 241 Å². The number of aryl methyl sites for hydroxylation is 1. The van der Waals surface area contributed by atoms with E-state index in [1.807, 2.05) is 0 Å². The Bertz CT molecular complexity index is 1600. The SMILES string of the molecule is Cc1ccc(S(=O)(=O)N(CC(=O)NCCOc2ccc(S(=O)(=O)N(C)C)cc2)c2ccc(Cl)c(C(F)(F)F)c2)cc1. The summed E-state index contributed by atoms with van der Waals surface area (Å²) in [7, 11) is -5.27. The lowest BCUT2D eigenvalue weighted by Crippen LogP contribution is -2.42. The van der Waals surface area contributed by atoms with E-state index < -0.39 is 54.9 Å². The number of rotatable bonds is 11. The van der Waals surface area contributed by atoms with Crippen LogP contribution in [0.25, 0.3) is 0 Å². The fourth-order valence-corrected chi connectivity index (χ4v) is 6.04. The van der Waals surface area contributed by atoms with E-state index in [-0.39, 0.29) is 22.9 Å². The lowest BCUT2D eigenvalue weighted by molar-refractivity contribution is -0.137. The third kappa shape index (κ3) is 7.91. The highest BCUT2D eigenvalue weighted by Crippen LogP contribution is 2.38. The third-order valence-electron chi connectivity index (χ3n) is 5.73. The van der Waals surface area contributed by atoms with Crippen LogP contribution in [0.1, 0.15) is 11.1 Å². The summed E-state index contributed by atoms with van der Waals surface area (Å²) >= 11 is 5.71. The van der Waals surface area contributed by atoms with Crippen molar-refractivity contribution in [3.05, 3.63) is 82.9 Å². The summed E-state index contributed by atoms with van der Waals surface area (Å²) in [5.74, 6) is -0.485. The molecule has 0 bridgehead atoms. The highest BCUT2D eigenvalue weighted by atomic mass is 35.5. The molecule has 0 fully saturated rings. The van der Waals surface area contributed by atoms with Crippen LogP contribution in [-0.4, -0.2) is 60.8 Å². The summed E-state index contributed by atoms with van der Waals surface area (Å²) in [4.78, 5) is 12.6. The monoisotopic (exact) mass is 633 g/mol. The van der Waals surface area contributed by atoms with E-state index >= 15 is 0 Å². The first-order chi connectivity index (χ1) is 19.0. The first-order valence-corrected chi connectivity index (χ1v) is 15.2. The lowest BCUT2D eigenvalue weighted by atomic mass is 10.2. The Hall–Kier alpha value is -3.33. The van der Waals surface area contributed by atoms with Gasteiger partial charge in [0.15, 0.2) is 0 Å². The first-order valence-electron chi connectivity index (χ1n) is 11.9. The molecule has 3 aromatic rings. The van der Waals surface area contributed by atoms with Crippen molar-refractivity contribution >= 4 is 43.2 Å². The fraction of sp³-hybridized carbons (Fsp3) is 0.269. The standard InChI is InChI=1S/C26H27ClF3N3O6S2/c1-18-4-9-22(10-5-18)41(37,38)33(19-6-13-24(27)23(16-19)26(28,29)30)17-25(34)31-14-15-39-20-7-11-21(12-8-20)40(35,36)32(2)3/h4-13,16H,14-15,17H2,1-3H3,(H,31,34). The van der Waals surface area contributed by atoms with Crippen molar-refractivity contribution in [1.82, 2.24) is 9.62 Å². The van der Waals surface area contributed by atoms with Crippen LogP contribution < -0.4 is 14.4 Å². The number of anilines is 1. The molecule has 1 amide bonds. The summed E-state index contributed by atoms with van der Waals surface area (Å²) in [5.41, 5.74) is -0.895. The van der Waals surface area contributed by atoms with Crippen LogP contribution in [0.3, 0.4) is 0 Å². The van der Waals surface area contributed by atoms with Crippen LogP contribution >= 0.6 is 11.6 Å². The van der Waals surface area contributed by atoms with E-state index in [4.69, 9.17) is 16.3 Å². The molecule has 0 radical (unpaired) electrons. The fourth-order valence-electron chi connectivity index (χ4n) is 3.50. The van der Waals surface area contributed by atoms with Gasteiger partial charge in [0, 0.05) is 14.1 Å². The molecular weight excluding hydrogens is 607 g/mol. The van der Waals surface area contributed by atoms with Gasteiger partial charge in [-0.05, 0) is 61.5 Å². The van der Waals surface area contributed by atoms with E-state index in [0.29, 0.717) is 16.1 Å². The van der Waals surface area contributed by atoms with Crippen LogP contribution in [0.5, 0.6) is 5.75 Å². The third-order valence-corrected chi connectivity index (χ3v) is 9.68. The largest absolute Gasteiger partial charge is 0.492 e. The number of nitrogens with one attached hydrogen (secondary N) is 1. The van der Waals surface area contributed by atoms with Crippen molar-refractivity contribution in [2.45, 2.75) is 22.9 Å². The second-order valence-corrected chi connectivity index (χ2v) is 13.4. The molecule has 15 heteroatoms. The van der Waals surface area contributed by atoms with Crippen molar-refractivity contribution in [3.8, 4) is 5.75 Å². The smallest absolute Gasteiger partial charge is 0.417 e. The lowest BCUT2D eigenvalue weighted by Gasteiger charge is -2.25. The number of sulfonamides is 2. The summed E-state index contributed by atoms with van der Waals surface area (Å²) in [5, 5.41) is 1.85. The topological polar surface area (TPSA) is 113 Å². The molecule has 0 aliphatic heterocycles. The Morgan fingerprint density at radius 3 is 2.02 bits per heavy atom. The van der Waals surface area contributed by atoms with Gasteiger partial charge in [-0.25, -0.2) is 21.1 Å². The van der Waals surface area contributed by atoms with Crippen molar-refractivity contribution in [3.63, 3.8) is 0 Å². The van der Waals surface area contributed by atoms with Crippen molar-refractivity contribution in [1.29, 1.82) is 0 Å². The Morgan fingerprint density at radius 1 is 0.902 bits per heavy atom. The number of carbonyl (C=O) groups is 1. The van der Waals surface area contributed by atoms with Gasteiger partial charge in [-0.2, -0.15) is 13.2 Å². The van der Waals surface area contributed by atoms with Crippen LogP contribution in [0.2, 0.25) is 5.02 Å². The summed E-state index contributed by atoms with van der Waals surface area (Å²) in [6.45, 7) is 0.767. The van der Waals surface area contributed by atoms with E-state index in [1.54, 1.807) is 6.92 Å². The van der Waals surface area contributed by atoms with E-state index in [1.165, 1.54) is 62.6 Å². The molecule has 0 aliphatic rings. The van der Waals surface area contributed by atoms with E-state index in [9.17, 15) is 34.8 Å². The average Bonchev–Trinajstić information content (AvgIpc) is 2.90. The number of benzene rings is 3. The zero-order valence-electron chi connectivity index (χ0n) is 22.1. The number of ether oxygens (including phenoxy) is 1. The molecule has 222 valence electrons. The number of halogens is 4. The average molecular weight is 634 g/mol. The molecule has 0 aromatic heterocycles. The van der Waals surface area contributed by atoms with Crippen LogP contribution in [0.4, 0.5) is 18.9 Å². The Morgan fingerprint density at radius 2 is 1.46 bits per heavy atom. The minimum Gasteiger partial charge on any atom is -0.492 e. The van der Waals surface area contributed by atoms with Gasteiger partial charge in [-0.15, -0.1) is 0 Å². The van der Waals surface area contributed by atoms with Gasteiger partial charge in [0.25, 0.3) is 10.0 Å². The molecule has 1 N–H and O–H groups in total. The van der Waals surface area contributed by atoms with Crippen LogP contribution in [0, 0.1) is 6.92 Å². The maximum atomic E-state index is 13.5. The molecule has 3 aromatic carbocycles. The van der Waals surface area contributed by atoms with E-state index in [0.717, 1.165) is 22.0 Å². The van der Waals surface area contributed by atoms with Gasteiger partial charge in [0.1, 0.15) is 18.9 Å². The molecule has 0 heterocycles. The summed E-state index contributed by atoms with van der Waals surface area (Å²) in [6.07, 6.45) is -4.86. The molecule has 9 nitrogen and oxygen atoms in total. The van der Waals surface area contributed by atoms with Crippen molar-refractivity contribution in [2.75, 3.05) is 38.1 Å². The molecule has 0 saturated carbocycles. The number of alkyl halides is 3. The number of hydrogen-bond donors (Lipinski definition) is 1. The number of nitrogens with zero attached hydrogens (tertiary/aromatic N) is 2. The molecular formula is C26H27ClF3N3O6S2. The van der Waals surface area contributed by atoms with Gasteiger partial charge in [0.05, 0.1) is 32.6 Å². The minimum absolute atomic E-state index is 0.0601. The molecule has 0 unspecified atom stereocenters. The number of amides is 1. The van der Waals surface area contributed by atoms with Crippen LogP contribution in [-0.2, 0) is 31.0 Å². The van der Waals surface area contributed by atoms with E-state index in [2.05, 4.69) is 5.32 Å². The second kappa shape index (κ2) is 12.7. The molecule has 0 atom stereocenters. The normalized spacial score (nSPS) is 12.3. The number of carbonyl (C=O) groups excluding carboxylic acids is 1. The van der Waals surface area contributed by atoms with Crippen LogP contribution in [0.15, 0.2) is 76.5 Å². The van der Waals surface area contributed by atoms with Crippen molar-refractivity contribution in [2.24, 2.45) is 0 Å². The highest BCUT2D eigenvalue weighted by Gasteiger charge is 2.35. The highest BCUT2D eigenvalue weighted by molar-refractivity contribution is 7.92. The minimum atomic E-state index is -4.86. The maximum Gasteiger partial charge on any atom is 0.417 e. The van der Waals surface area contributed by atoms with Gasteiger partial charge in [-0.1, -0.05) is 29.3 Å². The molecule has 0 spiro atoms. The maximum absolute atomic E-state index is 13.5. The van der Waals surface area contributed by atoms with Gasteiger partial charge in [-0.3, -0.25) is 9.10 Å². The molecule has 41 heavy (non-hydrogen) atoms. The predicted molar refractivity (Wildman–Crippen MR) is 148 cm³/mol.